The molecule has 0 aliphatic carbocycles. The van der Waals surface area contributed by atoms with Crippen molar-refractivity contribution in [3.05, 3.63) is 21.5 Å². The lowest BCUT2D eigenvalue weighted by Gasteiger charge is -2.09. The third kappa shape index (κ3) is 2.34. The standard InChI is InChI=1S/C11H17N3O4/c1-5-7(11(15)16)9-10(14(17)18)8(6(2)3)12-13(9)4/h6-7H,5H2,1-4H3,(H,15,16). The average molecular weight is 255 g/mol. The summed E-state index contributed by atoms with van der Waals surface area (Å²) >= 11 is 0. The maximum Gasteiger partial charge on any atom is 0.314 e. The van der Waals surface area contributed by atoms with Gasteiger partial charge >= 0.3 is 11.7 Å². The summed E-state index contributed by atoms with van der Waals surface area (Å²) in [6, 6.07) is 0. The fraction of sp³-hybridized carbons (Fsp3) is 0.636. The Morgan fingerprint density at radius 1 is 1.56 bits per heavy atom. The second-order valence-corrected chi connectivity index (χ2v) is 4.45. The molecule has 0 saturated heterocycles. The van der Waals surface area contributed by atoms with E-state index in [1.165, 1.54) is 4.68 Å². The van der Waals surface area contributed by atoms with Gasteiger partial charge in [0.1, 0.15) is 17.3 Å². The fourth-order valence-electron chi connectivity index (χ4n) is 2.00. The van der Waals surface area contributed by atoms with Gasteiger partial charge in [0, 0.05) is 13.0 Å². The summed E-state index contributed by atoms with van der Waals surface area (Å²) in [6.07, 6.45) is 0.285. The number of nitro groups is 1. The van der Waals surface area contributed by atoms with E-state index in [1.54, 1.807) is 27.8 Å². The van der Waals surface area contributed by atoms with Crippen LogP contribution in [0.1, 0.15) is 50.4 Å². The highest BCUT2D eigenvalue weighted by Crippen LogP contribution is 2.35. The van der Waals surface area contributed by atoms with Gasteiger partial charge in [0.05, 0.1) is 4.92 Å². The molecule has 1 atom stereocenters. The van der Waals surface area contributed by atoms with Crippen LogP contribution < -0.4 is 0 Å². The quantitative estimate of drug-likeness (QED) is 0.641. The fourth-order valence-corrected chi connectivity index (χ4v) is 2.00. The molecular weight excluding hydrogens is 238 g/mol. The Morgan fingerprint density at radius 3 is 2.44 bits per heavy atom. The minimum atomic E-state index is -1.07. The molecule has 0 spiro atoms. The first-order chi connectivity index (χ1) is 8.31. The number of nitrogens with zero attached hydrogens (tertiary/aromatic N) is 3. The summed E-state index contributed by atoms with van der Waals surface area (Å²) in [5, 5.41) is 24.4. The van der Waals surface area contributed by atoms with Gasteiger partial charge < -0.3 is 5.11 Å². The molecule has 0 amide bonds. The van der Waals surface area contributed by atoms with Crippen LogP contribution in [0, 0.1) is 10.1 Å². The molecule has 1 N–H and O–H groups in total. The van der Waals surface area contributed by atoms with E-state index in [0.29, 0.717) is 5.69 Å². The number of aliphatic carboxylic acids is 1. The molecule has 7 nitrogen and oxygen atoms in total. The summed E-state index contributed by atoms with van der Waals surface area (Å²) in [7, 11) is 1.54. The molecule has 0 bridgehead atoms. The maximum absolute atomic E-state index is 11.2. The largest absolute Gasteiger partial charge is 0.481 e. The monoisotopic (exact) mass is 255 g/mol. The second kappa shape index (κ2) is 5.16. The molecule has 18 heavy (non-hydrogen) atoms. The van der Waals surface area contributed by atoms with Crippen LogP contribution in [0.2, 0.25) is 0 Å². The lowest BCUT2D eigenvalue weighted by atomic mass is 9.98. The van der Waals surface area contributed by atoms with Crippen LogP contribution in [-0.2, 0) is 11.8 Å². The van der Waals surface area contributed by atoms with E-state index >= 15 is 0 Å². The maximum atomic E-state index is 11.2. The molecule has 0 aromatic carbocycles. The van der Waals surface area contributed by atoms with Gasteiger partial charge in [-0.3, -0.25) is 19.6 Å². The Bertz CT molecular complexity index is 479. The average Bonchev–Trinajstić information content (AvgIpc) is 2.57. The molecule has 0 aliphatic heterocycles. The minimum Gasteiger partial charge on any atom is -0.481 e. The molecule has 0 saturated carbocycles. The number of hydrogen-bond acceptors (Lipinski definition) is 4. The number of aryl methyl sites for hydroxylation is 1. The Kier molecular flexibility index (Phi) is 4.05. The van der Waals surface area contributed by atoms with E-state index < -0.39 is 16.8 Å². The van der Waals surface area contributed by atoms with Crippen molar-refractivity contribution in [3.8, 4) is 0 Å². The predicted octanol–water partition coefficient (Wildman–Crippen LogP) is 2.03. The van der Waals surface area contributed by atoms with Crippen LogP contribution in [0.3, 0.4) is 0 Å². The first-order valence-corrected chi connectivity index (χ1v) is 5.75. The van der Waals surface area contributed by atoms with Gasteiger partial charge in [-0.2, -0.15) is 5.10 Å². The van der Waals surface area contributed by atoms with Gasteiger partial charge in [-0.1, -0.05) is 20.8 Å². The van der Waals surface area contributed by atoms with E-state index in [4.69, 9.17) is 5.11 Å². The molecule has 100 valence electrons. The molecule has 0 aliphatic rings. The van der Waals surface area contributed by atoms with E-state index in [9.17, 15) is 14.9 Å². The second-order valence-electron chi connectivity index (χ2n) is 4.45. The van der Waals surface area contributed by atoms with Crippen LogP contribution in [0.15, 0.2) is 0 Å². The number of carboxylic acid groups (broad SMARTS) is 1. The number of rotatable bonds is 5. The Hall–Kier alpha value is -1.92. The van der Waals surface area contributed by atoms with Crippen LogP contribution in [-0.4, -0.2) is 25.8 Å². The predicted molar refractivity (Wildman–Crippen MR) is 64.6 cm³/mol. The van der Waals surface area contributed by atoms with Crippen molar-refractivity contribution < 1.29 is 14.8 Å². The Balaban J connectivity index is 3.51. The highest BCUT2D eigenvalue weighted by atomic mass is 16.6. The molecule has 1 heterocycles. The number of carbonyl (C=O) groups is 1. The topological polar surface area (TPSA) is 98.3 Å². The number of hydrogen-bond donors (Lipinski definition) is 1. The molecule has 7 heteroatoms. The van der Waals surface area contributed by atoms with Crippen molar-refractivity contribution >= 4 is 11.7 Å². The normalized spacial score (nSPS) is 12.7. The zero-order valence-corrected chi connectivity index (χ0v) is 10.9. The van der Waals surface area contributed by atoms with E-state index in [1.807, 2.05) is 0 Å². The number of aromatic nitrogens is 2. The van der Waals surface area contributed by atoms with Gasteiger partial charge in [0.2, 0.25) is 0 Å². The zero-order valence-electron chi connectivity index (χ0n) is 10.9. The van der Waals surface area contributed by atoms with Crippen LogP contribution >= 0.6 is 0 Å². The third-order valence-electron chi connectivity index (χ3n) is 2.86. The lowest BCUT2D eigenvalue weighted by Crippen LogP contribution is -2.16. The minimum absolute atomic E-state index is 0.128. The lowest BCUT2D eigenvalue weighted by molar-refractivity contribution is -0.386. The smallest absolute Gasteiger partial charge is 0.314 e. The summed E-state index contributed by atoms with van der Waals surface area (Å²) in [4.78, 5) is 21.8. The highest BCUT2D eigenvalue weighted by molar-refractivity contribution is 5.77. The van der Waals surface area contributed by atoms with E-state index in [-0.39, 0.29) is 23.7 Å². The molecule has 0 radical (unpaired) electrons. The molecular formula is C11H17N3O4. The number of carboxylic acids is 1. The SMILES string of the molecule is CCC(C(=O)O)c1c([N+](=O)[O-])c(C(C)C)nn1C. The van der Waals surface area contributed by atoms with Crippen molar-refractivity contribution in [3.63, 3.8) is 0 Å². The van der Waals surface area contributed by atoms with Gasteiger partial charge in [-0.25, -0.2) is 0 Å². The molecule has 0 fully saturated rings. The summed E-state index contributed by atoms with van der Waals surface area (Å²) < 4.78 is 1.32. The first-order valence-electron chi connectivity index (χ1n) is 5.75. The zero-order chi connectivity index (χ0) is 14.0. The van der Waals surface area contributed by atoms with Crippen molar-refractivity contribution in [2.24, 2.45) is 7.05 Å². The van der Waals surface area contributed by atoms with Gasteiger partial charge in [-0.15, -0.1) is 0 Å². The molecule has 1 rings (SSSR count). The van der Waals surface area contributed by atoms with Crippen molar-refractivity contribution in [2.45, 2.75) is 39.0 Å². The molecule has 1 aromatic heterocycles. The van der Waals surface area contributed by atoms with Crippen molar-refractivity contribution in [1.82, 2.24) is 9.78 Å². The Labute approximate surface area is 105 Å². The van der Waals surface area contributed by atoms with Gasteiger partial charge in [0.25, 0.3) is 0 Å². The summed E-state index contributed by atoms with van der Waals surface area (Å²) in [5.74, 6) is -2.11. The van der Waals surface area contributed by atoms with E-state index in [0.717, 1.165) is 0 Å². The van der Waals surface area contributed by atoms with Crippen LogP contribution in [0.4, 0.5) is 5.69 Å². The summed E-state index contributed by atoms with van der Waals surface area (Å²) in [5.41, 5.74) is 0.331. The van der Waals surface area contributed by atoms with Crippen molar-refractivity contribution in [1.29, 1.82) is 0 Å². The molecule has 1 aromatic rings. The highest BCUT2D eigenvalue weighted by Gasteiger charge is 2.35. The summed E-state index contributed by atoms with van der Waals surface area (Å²) in [6.45, 7) is 5.27. The van der Waals surface area contributed by atoms with Gasteiger partial charge in [-0.05, 0) is 6.42 Å². The van der Waals surface area contributed by atoms with E-state index in [2.05, 4.69) is 5.10 Å². The molecule has 1 unspecified atom stereocenters. The first kappa shape index (κ1) is 14.1. The Morgan fingerprint density at radius 2 is 2.11 bits per heavy atom. The van der Waals surface area contributed by atoms with Crippen molar-refractivity contribution in [2.75, 3.05) is 0 Å². The van der Waals surface area contributed by atoms with Crippen LogP contribution in [0.25, 0.3) is 0 Å². The van der Waals surface area contributed by atoms with Gasteiger partial charge in [0.15, 0.2) is 0 Å². The van der Waals surface area contributed by atoms with Crippen LogP contribution in [0.5, 0.6) is 0 Å². The third-order valence-corrected chi connectivity index (χ3v) is 2.86.